The van der Waals surface area contributed by atoms with E-state index in [1.807, 2.05) is 0 Å². The lowest BCUT2D eigenvalue weighted by Gasteiger charge is -2.28. The first-order chi connectivity index (χ1) is 8.13. The summed E-state index contributed by atoms with van der Waals surface area (Å²) in [4.78, 5) is 0. The van der Waals surface area contributed by atoms with E-state index in [1.54, 1.807) is 12.1 Å². The van der Waals surface area contributed by atoms with Gasteiger partial charge in [-0.1, -0.05) is 12.8 Å². The quantitative estimate of drug-likeness (QED) is 0.701. The summed E-state index contributed by atoms with van der Waals surface area (Å²) in [6.45, 7) is 0.556. The molecule has 0 heterocycles. The van der Waals surface area contributed by atoms with E-state index < -0.39 is 0 Å². The van der Waals surface area contributed by atoms with Crippen LogP contribution in [0.1, 0.15) is 31.2 Å². The number of benzene rings is 1. The van der Waals surface area contributed by atoms with Crippen LogP contribution in [0.25, 0.3) is 0 Å². The van der Waals surface area contributed by atoms with Crippen LogP contribution in [0.5, 0.6) is 17.2 Å². The van der Waals surface area contributed by atoms with Gasteiger partial charge in [-0.25, -0.2) is 0 Å². The Morgan fingerprint density at radius 3 is 2.47 bits per heavy atom. The fourth-order valence-corrected chi connectivity index (χ4v) is 2.72. The van der Waals surface area contributed by atoms with Gasteiger partial charge in [0.05, 0.1) is 7.11 Å². The second-order valence-electron chi connectivity index (χ2n) is 4.74. The summed E-state index contributed by atoms with van der Waals surface area (Å²) in [5.74, 6) is -0.0415. The van der Waals surface area contributed by atoms with Gasteiger partial charge in [0.25, 0.3) is 0 Å². The maximum atomic E-state index is 9.71. The Balaban J connectivity index is 2.48. The van der Waals surface area contributed by atoms with E-state index in [4.69, 9.17) is 10.5 Å². The van der Waals surface area contributed by atoms with Crippen molar-refractivity contribution in [1.82, 2.24) is 0 Å². The minimum atomic E-state index is -0.207. The van der Waals surface area contributed by atoms with Gasteiger partial charge in [-0.15, -0.1) is 0 Å². The Hall–Kier alpha value is -1.42. The largest absolute Gasteiger partial charge is 0.504 e. The second-order valence-corrected chi connectivity index (χ2v) is 4.74. The fourth-order valence-electron chi connectivity index (χ4n) is 2.72. The van der Waals surface area contributed by atoms with Crippen molar-refractivity contribution in [2.75, 3.05) is 13.7 Å². The second kappa shape index (κ2) is 4.45. The van der Waals surface area contributed by atoms with E-state index in [-0.39, 0.29) is 16.9 Å². The van der Waals surface area contributed by atoms with Gasteiger partial charge in [0.15, 0.2) is 11.5 Å². The normalized spacial score (nSPS) is 18.2. The van der Waals surface area contributed by atoms with E-state index in [9.17, 15) is 10.2 Å². The number of hydrogen-bond acceptors (Lipinski definition) is 4. The van der Waals surface area contributed by atoms with E-state index in [2.05, 4.69) is 0 Å². The van der Waals surface area contributed by atoms with Crippen LogP contribution in [-0.4, -0.2) is 23.9 Å². The smallest absolute Gasteiger partial charge is 0.200 e. The first kappa shape index (κ1) is 12.0. The van der Waals surface area contributed by atoms with E-state index >= 15 is 0 Å². The summed E-state index contributed by atoms with van der Waals surface area (Å²) < 4.78 is 5.06. The lowest BCUT2D eigenvalue weighted by Crippen LogP contribution is -2.31. The van der Waals surface area contributed by atoms with Crippen LogP contribution >= 0.6 is 0 Å². The van der Waals surface area contributed by atoms with Crippen LogP contribution in [0.15, 0.2) is 12.1 Å². The molecule has 0 radical (unpaired) electrons. The van der Waals surface area contributed by atoms with Crippen molar-refractivity contribution >= 4 is 0 Å². The van der Waals surface area contributed by atoms with E-state index in [0.29, 0.717) is 12.3 Å². The Bertz CT molecular complexity index is 411. The zero-order valence-corrected chi connectivity index (χ0v) is 10.1. The highest BCUT2D eigenvalue weighted by Gasteiger charge is 2.35. The van der Waals surface area contributed by atoms with Crippen molar-refractivity contribution in [2.24, 2.45) is 5.73 Å². The van der Waals surface area contributed by atoms with Gasteiger partial charge in [0, 0.05) is 12.0 Å². The van der Waals surface area contributed by atoms with Crippen molar-refractivity contribution in [3.63, 3.8) is 0 Å². The van der Waals surface area contributed by atoms with E-state index in [0.717, 1.165) is 31.2 Å². The number of phenols is 2. The molecule has 0 spiro atoms. The van der Waals surface area contributed by atoms with Crippen LogP contribution in [0, 0.1) is 0 Å². The Labute approximate surface area is 101 Å². The molecular weight excluding hydrogens is 218 g/mol. The maximum Gasteiger partial charge on any atom is 0.200 e. The summed E-state index contributed by atoms with van der Waals surface area (Å²) in [6, 6.07) is 3.39. The maximum absolute atomic E-state index is 9.71. The van der Waals surface area contributed by atoms with Gasteiger partial charge >= 0.3 is 0 Å². The predicted molar refractivity (Wildman–Crippen MR) is 65.5 cm³/mol. The van der Waals surface area contributed by atoms with Crippen molar-refractivity contribution in [3.05, 3.63) is 17.7 Å². The fraction of sp³-hybridized carbons (Fsp3) is 0.538. The molecule has 1 saturated carbocycles. The van der Waals surface area contributed by atoms with Gasteiger partial charge in [-0.05, 0) is 30.5 Å². The lowest BCUT2D eigenvalue weighted by molar-refractivity contribution is 0.346. The van der Waals surface area contributed by atoms with Gasteiger partial charge in [-0.3, -0.25) is 0 Å². The molecule has 1 aromatic carbocycles. The number of rotatable bonds is 3. The van der Waals surface area contributed by atoms with Crippen LogP contribution in [0.4, 0.5) is 0 Å². The summed E-state index contributed by atoms with van der Waals surface area (Å²) in [5.41, 5.74) is 6.79. The first-order valence-corrected chi connectivity index (χ1v) is 5.93. The molecule has 4 N–H and O–H groups in total. The summed E-state index contributed by atoms with van der Waals surface area (Å²) in [5, 5.41) is 19.3. The Morgan fingerprint density at radius 2 is 1.94 bits per heavy atom. The third-order valence-electron chi connectivity index (χ3n) is 3.84. The van der Waals surface area contributed by atoms with Crippen LogP contribution in [0.2, 0.25) is 0 Å². The summed E-state index contributed by atoms with van der Waals surface area (Å²) in [7, 11) is 1.47. The van der Waals surface area contributed by atoms with Gasteiger partial charge < -0.3 is 20.7 Å². The molecule has 94 valence electrons. The standard InChI is InChI=1S/C13H19NO3/c1-17-11-7-9(6-10(15)12(11)16)13(8-14)4-2-3-5-13/h6-7,15-16H,2-5,8,14H2,1H3. The van der Waals surface area contributed by atoms with Crippen LogP contribution in [0.3, 0.4) is 0 Å². The minimum absolute atomic E-state index is 0.0710. The zero-order valence-electron chi connectivity index (χ0n) is 10.1. The number of hydrogen-bond donors (Lipinski definition) is 3. The number of nitrogens with two attached hydrogens (primary N) is 1. The topological polar surface area (TPSA) is 75.7 Å². The third kappa shape index (κ3) is 1.93. The highest BCUT2D eigenvalue weighted by Crippen LogP contribution is 2.45. The SMILES string of the molecule is COc1cc(C2(CN)CCCC2)cc(O)c1O. The molecule has 1 fully saturated rings. The number of phenolic OH excluding ortho intramolecular Hbond substituents is 2. The molecule has 2 rings (SSSR count). The number of ether oxygens (including phenoxy) is 1. The average molecular weight is 237 g/mol. The van der Waals surface area contributed by atoms with Gasteiger partial charge in [0.1, 0.15) is 0 Å². The molecule has 0 unspecified atom stereocenters. The molecule has 0 aliphatic heterocycles. The van der Waals surface area contributed by atoms with Crippen LogP contribution < -0.4 is 10.5 Å². The van der Waals surface area contributed by atoms with Gasteiger partial charge in [0.2, 0.25) is 5.75 Å². The molecule has 0 saturated heterocycles. The first-order valence-electron chi connectivity index (χ1n) is 5.93. The molecule has 0 amide bonds. The molecule has 1 aliphatic rings. The number of aromatic hydroxyl groups is 2. The third-order valence-corrected chi connectivity index (χ3v) is 3.84. The summed E-state index contributed by atoms with van der Waals surface area (Å²) in [6.07, 6.45) is 4.36. The average Bonchev–Trinajstić information content (AvgIpc) is 2.82. The molecule has 0 aromatic heterocycles. The molecule has 4 heteroatoms. The number of methoxy groups -OCH3 is 1. The highest BCUT2D eigenvalue weighted by molar-refractivity contribution is 5.53. The molecule has 1 aromatic rings. The van der Waals surface area contributed by atoms with E-state index in [1.165, 1.54) is 7.11 Å². The monoisotopic (exact) mass is 237 g/mol. The Kier molecular flexibility index (Phi) is 3.15. The Morgan fingerprint density at radius 1 is 1.29 bits per heavy atom. The van der Waals surface area contributed by atoms with Crippen molar-refractivity contribution in [3.8, 4) is 17.2 Å². The van der Waals surface area contributed by atoms with Gasteiger partial charge in [-0.2, -0.15) is 0 Å². The lowest BCUT2D eigenvalue weighted by atomic mass is 9.79. The van der Waals surface area contributed by atoms with Crippen molar-refractivity contribution in [1.29, 1.82) is 0 Å². The summed E-state index contributed by atoms with van der Waals surface area (Å²) >= 11 is 0. The molecule has 1 aliphatic carbocycles. The minimum Gasteiger partial charge on any atom is -0.504 e. The predicted octanol–water partition coefficient (Wildman–Crippen LogP) is 1.88. The molecule has 4 nitrogen and oxygen atoms in total. The van der Waals surface area contributed by atoms with Crippen LogP contribution in [-0.2, 0) is 5.41 Å². The molecular formula is C13H19NO3. The van der Waals surface area contributed by atoms with Crippen molar-refractivity contribution in [2.45, 2.75) is 31.1 Å². The molecule has 17 heavy (non-hydrogen) atoms. The van der Waals surface area contributed by atoms with Crippen molar-refractivity contribution < 1.29 is 14.9 Å². The molecule has 0 atom stereocenters. The molecule has 0 bridgehead atoms. The zero-order chi connectivity index (χ0) is 12.5. The highest BCUT2D eigenvalue weighted by atomic mass is 16.5.